The normalized spacial score (nSPS) is 13.9. The van der Waals surface area contributed by atoms with Gasteiger partial charge in [-0.05, 0) is 24.7 Å². The van der Waals surface area contributed by atoms with Crippen LogP contribution in [0.4, 0.5) is 0 Å². The average molecular weight is 240 g/mol. The molecule has 1 aromatic carbocycles. The van der Waals surface area contributed by atoms with Gasteiger partial charge in [-0.2, -0.15) is 0 Å². The highest BCUT2D eigenvalue weighted by molar-refractivity contribution is 6.25. The average Bonchev–Trinajstić information content (AvgIpc) is 2.73. The predicted molar refractivity (Wildman–Crippen MR) is 63.9 cm³/mol. The molecule has 3 nitrogen and oxygen atoms in total. The zero-order valence-corrected chi connectivity index (χ0v) is 9.91. The third-order valence-electron chi connectivity index (χ3n) is 2.40. The van der Waals surface area contributed by atoms with Crippen LogP contribution in [0.1, 0.15) is 5.56 Å². The van der Waals surface area contributed by atoms with Crippen LogP contribution in [0.3, 0.4) is 0 Å². The Morgan fingerprint density at radius 3 is 3.00 bits per heavy atom. The molecule has 0 atom stereocenters. The second-order valence-electron chi connectivity index (χ2n) is 3.75. The van der Waals surface area contributed by atoms with Crippen LogP contribution in [0.25, 0.3) is 0 Å². The van der Waals surface area contributed by atoms with Gasteiger partial charge in [0, 0.05) is 18.6 Å². The Bertz CT molecular complexity index is 393. The highest BCUT2D eigenvalue weighted by Crippen LogP contribution is 2.32. The maximum absolute atomic E-state index is 5.48. The molecule has 1 heterocycles. The van der Waals surface area contributed by atoms with Crippen LogP contribution in [0.15, 0.2) is 29.8 Å². The minimum Gasteiger partial charge on any atom is -0.454 e. The Hall–Kier alpha value is -1.19. The first-order valence-electron chi connectivity index (χ1n) is 5.12. The summed E-state index contributed by atoms with van der Waals surface area (Å²) in [5.74, 6) is 1.66. The molecule has 1 aromatic rings. The molecule has 0 amide bonds. The minimum atomic E-state index is 0.323. The standard InChI is InChI=1S/C12H14ClNO2/c1-14(6-2-5-13)8-10-3-4-11-12(7-10)16-9-15-11/h2-5,7H,6,8-9H2,1H3/b5-2+. The Morgan fingerprint density at radius 2 is 2.19 bits per heavy atom. The number of hydrogen-bond acceptors (Lipinski definition) is 3. The second-order valence-corrected chi connectivity index (χ2v) is 4.00. The lowest BCUT2D eigenvalue weighted by molar-refractivity contribution is 0.174. The first-order valence-corrected chi connectivity index (χ1v) is 5.55. The number of halogens is 1. The summed E-state index contributed by atoms with van der Waals surface area (Å²) in [5, 5.41) is 0. The number of likely N-dealkylation sites (N-methyl/N-ethyl adjacent to an activating group) is 1. The van der Waals surface area contributed by atoms with E-state index in [4.69, 9.17) is 21.1 Å². The quantitative estimate of drug-likeness (QED) is 0.806. The lowest BCUT2D eigenvalue weighted by Gasteiger charge is -2.14. The summed E-state index contributed by atoms with van der Waals surface area (Å²) in [6.07, 6.45) is 1.91. The maximum Gasteiger partial charge on any atom is 0.231 e. The Labute approximate surface area is 100 Å². The van der Waals surface area contributed by atoms with Crippen molar-refractivity contribution in [2.24, 2.45) is 0 Å². The van der Waals surface area contributed by atoms with Crippen LogP contribution in [0.2, 0.25) is 0 Å². The topological polar surface area (TPSA) is 21.7 Å². The smallest absolute Gasteiger partial charge is 0.231 e. The molecule has 1 aliphatic rings. The summed E-state index contributed by atoms with van der Waals surface area (Å²) < 4.78 is 10.6. The molecule has 86 valence electrons. The van der Waals surface area contributed by atoms with Gasteiger partial charge >= 0.3 is 0 Å². The third kappa shape index (κ3) is 2.68. The molecule has 0 spiro atoms. The Morgan fingerprint density at radius 1 is 1.38 bits per heavy atom. The van der Waals surface area contributed by atoms with Gasteiger partial charge in [0.25, 0.3) is 0 Å². The van der Waals surface area contributed by atoms with Crippen molar-refractivity contribution in [2.75, 3.05) is 20.4 Å². The van der Waals surface area contributed by atoms with Crippen LogP contribution in [-0.2, 0) is 6.54 Å². The van der Waals surface area contributed by atoms with Crippen molar-refractivity contribution < 1.29 is 9.47 Å². The number of hydrogen-bond donors (Lipinski definition) is 0. The number of fused-ring (bicyclic) bond motifs is 1. The van der Waals surface area contributed by atoms with Crippen molar-refractivity contribution in [1.29, 1.82) is 0 Å². The van der Waals surface area contributed by atoms with Crippen molar-refractivity contribution in [3.05, 3.63) is 35.4 Å². The second kappa shape index (κ2) is 5.23. The third-order valence-corrected chi connectivity index (χ3v) is 2.57. The first-order chi connectivity index (χ1) is 7.79. The van der Waals surface area contributed by atoms with E-state index in [0.717, 1.165) is 24.6 Å². The van der Waals surface area contributed by atoms with E-state index in [0.29, 0.717) is 6.79 Å². The molecule has 0 fully saturated rings. The Balaban J connectivity index is 1.99. The van der Waals surface area contributed by atoms with E-state index in [9.17, 15) is 0 Å². The van der Waals surface area contributed by atoms with Crippen molar-refractivity contribution in [3.63, 3.8) is 0 Å². The molecule has 0 unspecified atom stereocenters. The molecule has 0 aliphatic carbocycles. The van der Waals surface area contributed by atoms with E-state index in [-0.39, 0.29) is 0 Å². The number of rotatable bonds is 4. The molecule has 0 saturated heterocycles. The summed E-state index contributed by atoms with van der Waals surface area (Å²) >= 11 is 5.48. The largest absolute Gasteiger partial charge is 0.454 e. The summed E-state index contributed by atoms with van der Waals surface area (Å²) in [6, 6.07) is 6.01. The van der Waals surface area contributed by atoms with Gasteiger partial charge in [0.2, 0.25) is 6.79 Å². The highest BCUT2D eigenvalue weighted by Gasteiger charge is 2.13. The van der Waals surface area contributed by atoms with Crippen LogP contribution in [0, 0.1) is 0 Å². The zero-order chi connectivity index (χ0) is 11.4. The fourth-order valence-corrected chi connectivity index (χ4v) is 1.71. The highest BCUT2D eigenvalue weighted by atomic mass is 35.5. The summed E-state index contributed by atoms with van der Waals surface area (Å²) in [6.45, 7) is 2.01. The molecular formula is C12H14ClNO2. The fourth-order valence-electron chi connectivity index (χ4n) is 1.64. The summed E-state index contributed by atoms with van der Waals surface area (Å²) in [4.78, 5) is 2.16. The van der Waals surface area contributed by atoms with Gasteiger partial charge in [0.15, 0.2) is 11.5 Å². The van der Waals surface area contributed by atoms with E-state index in [1.54, 1.807) is 0 Å². The van der Waals surface area contributed by atoms with Crippen molar-refractivity contribution >= 4 is 11.6 Å². The first kappa shape index (κ1) is 11.3. The molecular weight excluding hydrogens is 226 g/mol. The van der Waals surface area contributed by atoms with E-state index in [1.165, 1.54) is 11.1 Å². The van der Waals surface area contributed by atoms with Gasteiger partial charge in [0.05, 0.1) is 0 Å². The van der Waals surface area contributed by atoms with Crippen LogP contribution < -0.4 is 9.47 Å². The van der Waals surface area contributed by atoms with Gasteiger partial charge in [-0.1, -0.05) is 23.7 Å². The molecule has 0 aromatic heterocycles. The molecule has 0 radical (unpaired) electrons. The molecule has 0 bridgehead atoms. The molecule has 1 aliphatic heterocycles. The molecule has 0 saturated carbocycles. The van der Waals surface area contributed by atoms with Crippen molar-refractivity contribution in [2.45, 2.75) is 6.54 Å². The van der Waals surface area contributed by atoms with Crippen LogP contribution >= 0.6 is 11.6 Å². The zero-order valence-electron chi connectivity index (χ0n) is 9.15. The Kier molecular flexibility index (Phi) is 3.70. The van der Waals surface area contributed by atoms with Gasteiger partial charge in [-0.3, -0.25) is 4.90 Å². The van der Waals surface area contributed by atoms with Crippen molar-refractivity contribution in [3.8, 4) is 11.5 Å². The summed E-state index contributed by atoms with van der Waals surface area (Å²) in [7, 11) is 2.04. The van der Waals surface area contributed by atoms with Crippen LogP contribution in [-0.4, -0.2) is 25.3 Å². The van der Waals surface area contributed by atoms with Gasteiger partial charge in [0.1, 0.15) is 0 Å². The van der Waals surface area contributed by atoms with E-state index < -0.39 is 0 Å². The molecule has 2 rings (SSSR count). The number of nitrogens with zero attached hydrogens (tertiary/aromatic N) is 1. The van der Waals surface area contributed by atoms with E-state index >= 15 is 0 Å². The molecule has 4 heteroatoms. The van der Waals surface area contributed by atoms with E-state index in [2.05, 4.69) is 11.0 Å². The number of benzene rings is 1. The summed E-state index contributed by atoms with van der Waals surface area (Å²) in [5.41, 5.74) is 2.74. The number of ether oxygens (including phenoxy) is 2. The molecule has 16 heavy (non-hydrogen) atoms. The predicted octanol–water partition coefficient (Wildman–Crippen LogP) is 2.60. The van der Waals surface area contributed by atoms with Gasteiger partial charge in [-0.15, -0.1) is 0 Å². The van der Waals surface area contributed by atoms with Gasteiger partial charge in [-0.25, -0.2) is 0 Å². The van der Waals surface area contributed by atoms with E-state index in [1.807, 2.05) is 25.3 Å². The van der Waals surface area contributed by atoms with Crippen molar-refractivity contribution in [1.82, 2.24) is 4.90 Å². The van der Waals surface area contributed by atoms with Crippen LogP contribution in [0.5, 0.6) is 11.5 Å². The SMILES string of the molecule is CN(C/C=C/Cl)Cc1ccc2c(c1)OCO2. The monoisotopic (exact) mass is 239 g/mol. The maximum atomic E-state index is 5.48. The minimum absolute atomic E-state index is 0.323. The molecule has 0 N–H and O–H groups in total. The lowest BCUT2D eigenvalue weighted by Crippen LogP contribution is -2.17. The lowest BCUT2D eigenvalue weighted by atomic mass is 10.2. The fraction of sp³-hybridized carbons (Fsp3) is 0.333. The van der Waals surface area contributed by atoms with Gasteiger partial charge < -0.3 is 9.47 Å².